The number of hydrogen-bond acceptors (Lipinski definition) is 5. The number of ether oxygens (including phenoxy) is 2. The van der Waals surface area contributed by atoms with Crippen LogP contribution < -0.4 is 9.47 Å². The van der Waals surface area contributed by atoms with Crippen molar-refractivity contribution in [2.75, 3.05) is 6.79 Å². The van der Waals surface area contributed by atoms with E-state index in [-0.39, 0.29) is 18.1 Å². The Morgan fingerprint density at radius 2 is 2.11 bits per heavy atom. The highest BCUT2D eigenvalue weighted by molar-refractivity contribution is 5.95. The monoisotopic (exact) mass is 247 g/mol. The van der Waals surface area contributed by atoms with E-state index in [9.17, 15) is 4.79 Å². The number of carboxylic acids is 1. The number of aryl methyl sites for hydroxylation is 1. The molecule has 0 saturated carbocycles. The molecule has 0 spiro atoms. The lowest BCUT2D eigenvalue weighted by molar-refractivity contribution is 0.0695. The van der Waals surface area contributed by atoms with Crippen LogP contribution in [0.15, 0.2) is 22.7 Å². The lowest BCUT2D eigenvalue weighted by Crippen LogP contribution is -1.99. The molecule has 0 bridgehead atoms. The molecule has 92 valence electrons. The molecule has 1 aliphatic heterocycles. The zero-order chi connectivity index (χ0) is 12.7. The first-order chi connectivity index (χ1) is 8.66. The molecule has 1 aromatic heterocycles. The quantitative estimate of drug-likeness (QED) is 0.874. The molecular weight excluding hydrogens is 238 g/mol. The van der Waals surface area contributed by atoms with Crippen LogP contribution in [0.4, 0.5) is 0 Å². The number of carbonyl (C=O) groups is 1. The Balaban J connectivity index is 2.13. The van der Waals surface area contributed by atoms with Gasteiger partial charge in [-0.15, -0.1) is 0 Å². The van der Waals surface area contributed by atoms with Gasteiger partial charge in [0, 0.05) is 5.56 Å². The number of hydrogen-bond donors (Lipinski definition) is 1. The summed E-state index contributed by atoms with van der Waals surface area (Å²) in [6, 6.07) is 5.12. The van der Waals surface area contributed by atoms with E-state index < -0.39 is 5.97 Å². The van der Waals surface area contributed by atoms with Gasteiger partial charge >= 0.3 is 5.97 Å². The van der Waals surface area contributed by atoms with Crippen LogP contribution >= 0.6 is 0 Å². The van der Waals surface area contributed by atoms with Crippen molar-refractivity contribution in [1.29, 1.82) is 0 Å². The molecule has 2 aromatic rings. The topological polar surface area (TPSA) is 81.8 Å². The van der Waals surface area contributed by atoms with Crippen LogP contribution in [0, 0.1) is 6.92 Å². The molecule has 0 unspecified atom stereocenters. The molecular formula is C12H9NO5. The molecule has 18 heavy (non-hydrogen) atoms. The van der Waals surface area contributed by atoms with Gasteiger partial charge in [0.15, 0.2) is 11.5 Å². The third-order valence-electron chi connectivity index (χ3n) is 2.72. The van der Waals surface area contributed by atoms with E-state index in [4.69, 9.17) is 19.1 Å². The molecule has 6 nitrogen and oxygen atoms in total. The lowest BCUT2D eigenvalue weighted by Gasteiger charge is -2.00. The smallest absolute Gasteiger partial charge is 0.341 e. The second-order valence-electron chi connectivity index (χ2n) is 3.84. The molecule has 0 saturated heterocycles. The van der Waals surface area contributed by atoms with Crippen LogP contribution in [0.25, 0.3) is 11.3 Å². The first kappa shape index (κ1) is 10.6. The highest BCUT2D eigenvalue weighted by atomic mass is 16.7. The van der Waals surface area contributed by atoms with Gasteiger partial charge < -0.3 is 19.1 Å². The normalized spacial score (nSPS) is 12.7. The number of aromatic nitrogens is 1. The Kier molecular flexibility index (Phi) is 2.22. The molecule has 0 fully saturated rings. The Morgan fingerprint density at radius 1 is 1.33 bits per heavy atom. The van der Waals surface area contributed by atoms with Crippen LogP contribution in [0.1, 0.15) is 16.1 Å². The number of rotatable bonds is 2. The minimum absolute atomic E-state index is 0.0638. The summed E-state index contributed by atoms with van der Waals surface area (Å²) in [5.41, 5.74) is 0.973. The van der Waals surface area contributed by atoms with Crippen molar-refractivity contribution in [3.8, 4) is 22.8 Å². The summed E-state index contributed by atoms with van der Waals surface area (Å²) in [7, 11) is 0. The fourth-order valence-electron chi connectivity index (χ4n) is 1.86. The maximum absolute atomic E-state index is 11.2. The first-order valence-corrected chi connectivity index (χ1v) is 5.26. The number of carboxylic acid groups (broad SMARTS) is 1. The molecule has 1 N–H and O–H groups in total. The molecule has 0 aliphatic carbocycles. The average molecular weight is 247 g/mol. The molecule has 2 heterocycles. The van der Waals surface area contributed by atoms with Crippen molar-refractivity contribution in [3.63, 3.8) is 0 Å². The zero-order valence-corrected chi connectivity index (χ0v) is 9.47. The van der Waals surface area contributed by atoms with Crippen molar-refractivity contribution < 1.29 is 23.9 Å². The van der Waals surface area contributed by atoms with Crippen molar-refractivity contribution in [3.05, 3.63) is 29.5 Å². The number of fused-ring (bicyclic) bond motifs is 1. The standard InChI is InChI=1S/C12H9NO5/c1-6-10(12(14)15)11(13-18-6)7-2-3-8-9(4-7)17-5-16-8/h2-4H,5H2,1H3,(H,14,15). The van der Waals surface area contributed by atoms with E-state index >= 15 is 0 Å². The highest BCUT2D eigenvalue weighted by Crippen LogP contribution is 2.36. The fraction of sp³-hybridized carbons (Fsp3) is 0.167. The second-order valence-corrected chi connectivity index (χ2v) is 3.84. The minimum atomic E-state index is -1.07. The number of benzene rings is 1. The summed E-state index contributed by atoms with van der Waals surface area (Å²) in [5, 5.41) is 12.9. The Bertz CT molecular complexity index is 631. The maximum atomic E-state index is 11.2. The third kappa shape index (κ3) is 1.50. The third-order valence-corrected chi connectivity index (χ3v) is 2.72. The van der Waals surface area contributed by atoms with E-state index in [2.05, 4.69) is 5.16 Å². The molecule has 1 aliphatic rings. The lowest BCUT2D eigenvalue weighted by atomic mass is 10.1. The van der Waals surface area contributed by atoms with Crippen molar-refractivity contribution in [1.82, 2.24) is 5.16 Å². The summed E-state index contributed by atoms with van der Waals surface area (Å²) < 4.78 is 15.4. The van der Waals surface area contributed by atoms with Gasteiger partial charge in [0.1, 0.15) is 17.0 Å². The predicted molar refractivity (Wildman–Crippen MR) is 59.8 cm³/mol. The first-order valence-electron chi connectivity index (χ1n) is 5.26. The summed E-state index contributed by atoms with van der Waals surface area (Å²) in [5.74, 6) is 0.414. The van der Waals surface area contributed by atoms with E-state index in [0.717, 1.165) is 0 Å². The second kappa shape index (κ2) is 3.76. The number of nitrogens with zero attached hydrogens (tertiary/aromatic N) is 1. The summed E-state index contributed by atoms with van der Waals surface area (Å²) in [4.78, 5) is 11.2. The summed E-state index contributed by atoms with van der Waals surface area (Å²) >= 11 is 0. The highest BCUT2D eigenvalue weighted by Gasteiger charge is 2.23. The molecule has 6 heteroatoms. The minimum Gasteiger partial charge on any atom is -0.477 e. The Morgan fingerprint density at radius 3 is 2.89 bits per heavy atom. The molecule has 0 atom stereocenters. The van der Waals surface area contributed by atoms with Gasteiger partial charge in [-0.3, -0.25) is 0 Å². The van der Waals surface area contributed by atoms with Crippen LogP contribution in [-0.2, 0) is 0 Å². The summed E-state index contributed by atoms with van der Waals surface area (Å²) in [6.45, 7) is 1.73. The zero-order valence-electron chi connectivity index (χ0n) is 9.47. The van der Waals surface area contributed by atoms with Crippen LogP contribution in [0.3, 0.4) is 0 Å². The van der Waals surface area contributed by atoms with Crippen LogP contribution in [-0.4, -0.2) is 23.0 Å². The van der Waals surface area contributed by atoms with Crippen LogP contribution in [0.5, 0.6) is 11.5 Å². The number of aromatic carboxylic acids is 1. The van der Waals surface area contributed by atoms with E-state index in [1.165, 1.54) is 0 Å². The van der Waals surface area contributed by atoms with Gasteiger partial charge in [-0.2, -0.15) is 0 Å². The average Bonchev–Trinajstić information content (AvgIpc) is 2.93. The van der Waals surface area contributed by atoms with Crippen LogP contribution in [0.2, 0.25) is 0 Å². The van der Waals surface area contributed by atoms with Gasteiger partial charge in [0.2, 0.25) is 6.79 Å². The molecule has 3 rings (SSSR count). The van der Waals surface area contributed by atoms with E-state index in [0.29, 0.717) is 22.8 Å². The summed E-state index contributed by atoms with van der Waals surface area (Å²) in [6.07, 6.45) is 0. The Labute approximate surface area is 102 Å². The predicted octanol–water partition coefficient (Wildman–Crippen LogP) is 2.08. The van der Waals surface area contributed by atoms with E-state index in [1.807, 2.05) is 0 Å². The maximum Gasteiger partial charge on any atom is 0.341 e. The fourth-order valence-corrected chi connectivity index (χ4v) is 1.86. The SMILES string of the molecule is Cc1onc(-c2ccc3c(c2)OCO3)c1C(=O)O. The van der Waals surface area contributed by atoms with Crippen molar-refractivity contribution >= 4 is 5.97 Å². The van der Waals surface area contributed by atoms with Crippen molar-refractivity contribution in [2.24, 2.45) is 0 Å². The molecule has 0 amide bonds. The molecule has 1 aromatic carbocycles. The largest absolute Gasteiger partial charge is 0.477 e. The van der Waals surface area contributed by atoms with Gasteiger partial charge in [0.25, 0.3) is 0 Å². The van der Waals surface area contributed by atoms with Gasteiger partial charge in [-0.05, 0) is 25.1 Å². The van der Waals surface area contributed by atoms with E-state index in [1.54, 1.807) is 25.1 Å². The van der Waals surface area contributed by atoms with Gasteiger partial charge in [0.05, 0.1) is 0 Å². The van der Waals surface area contributed by atoms with Crippen molar-refractivity contribution in [2.45, 2.75) is 6.92 Å². The van der Waals surface area contributed by atoms with Gasteiger partial charge in [-0.25, -0.2) is 4.79 Å². The van der Waals surface area contributed by atoms with Gasteiger partial charge in [-0.1, -0.05) is 5.16 Å². The Hall–Kier alpha value is -2.50. The molecule has 0 radical (unpaired) electrons.